The number of quaternary nitrogens is 1. The highest BCUT2D eigenvalue weighted by atomic mass is 32.2. The van der Waals surface area contributed by atoms with E-state index in [1.807, 2.05) is 37.4 Å². The van der Waals surface area contributed by atoms with Crippen molar-refractivity contribution in [2.75, 3.05) is 30.8 Å². The number of primary amides is 1. The van der Waals surface area contributed by atoms with Gasteiger partial charge in [-0.15, -0.1) is 11.3 Å². The van der Waals surface area contributed by atoms with Gasteiger partial charge in [0.05, 0.1) is 43.5 Å². The van der Waals surface area contributed by atoms with Gasteiger partial charge in [0.1, 0.15) is 39.8 Å². The maximum absolute atomic E-state index is 14.7. The Morgan fingerprint density at radius 3 is 2.59 bits per heavy atom. The SMILES string of the molecule is COc1ccc2c(O[C@@H]3C[C@@H](C(=O)N[C@]45C[C@H]4/C=C\CCCCCNc4ccccc4S(=O)(=O)NC5=O)N(C(=O)N([NH2+]C(C)=O)C(C)C)C3)cc(-c3csc(NC(C)C)n3)nc2c1. The zero-order chi connectivity index (χ0) is 45.1. The monoisotopic (exact) mass is 902 g/mol. The zero-order valence-electron chi connectivity index (χ0n) is 36.3. The minimum atomic E-state index is -4.38. The number of nitrogens with two attached hydrogens (primary N) is 1. The second kappa shape index (κ2) is 18.9. The van der Waals surface area contributed by atoms with Crippen LogP contribution in [0.25, 0.3) is 22.3 Å². The first-order chi connectivity index (χ1) is 30.1. The normalized spacial score (nSPS) is 22.7. The van der Waals surface area contributed by atoms with Crippen LogP contribution in [0.4, 0.5) is 15.6 Å². The van der Waals surface area contributed by atoms with Crippen molar-refractivity contribution in [1.82, 2.24) is 29.9 Å². The molecule has 7 rings (SSSR count). The molecule has 1 saturated carbocycles. The fourth-order valence-corrected chi connectivity index (χ4v) is 10.1. The number of fused-ring (bicyclic) bond motifs is 3. The van der Waals surface area contributed by atoms with E-state index in [0.717, 1.165) is 30.8 Å². The molecule has 0 bridgehead atoms. The smallest absolute Gasteiger partial charge is 0.365 e. The molecule has 2 aliphatic heterocycles. The molecule has 1 saturated heterocycles. The van der Waals surface area contributed by atoms with Crippen molar-refractivity contribution < 1.29 is 42.5 Å². The lowest BCUT2D eigenvalue weighted by molar-refractivity contribution is -0.714. The van der Waals surface area contributed by atoms with Gasteiger partial charge >= 0.3 is 11.9 Å². The van der Waals surface area contributed by atoms with Gasteiger partial charge < -0.3 is 30.3 Å². The molecule has 2 fully saturated rings. The fraction of sp³-hybridized carbons (Fsp3) is 0.455. The number of carbonyl (C=O) groups is 4. The second-order valence-electron chi connectivity index (χ2n) is 16.8. The maximum atomic E-state index is 14.7. The van der Waals surface area contributed by atoms with Crippen LogP contribution in [-0.4, -0.2) is 102 Å². The molecule has 2 aromatic heterocycles. The number of thiazole rings is 1. The number of hydrogen-bond acceptors (Lipinski definition) is 13. The van der Waals surface area contributed by atoms with Gasteiger partial charge in [-0.1, -0.05) is 30.7 Å². The fourth-order valence-electron chi connectivity index (χ4n) is 7.98. The number of aromatic nitrogens is 2. The molecular formula is C44H56N9O8S2+. The molecule has 4 aromatic rings. The third-order valence-corrected chi connectivity index (χ3v) is 13.4. The van der Waals surface area contributed by atoms with Crippen molar-refractivity contribution in [3.05, 3.63) is 66.1 Å². The lowest BCUT2D eigenvalue weighted by Gasteiger charge is -2.31. The van der Waals surface area contributed by atoms with E-state index in [-0.39, 0.29) is 36.2 Å². The lowest BCUT2D eigenvalue weighted by Crippen LogP contribution is -2.99. The number of methoxy groups -OCH3 is 1. The highest BCUT2D eigenvalue weighted by Gasteiger charge is 2.62. The first-order valence-electron chi connectivity index (χ1n) is 21.3. The van der Waals surface area contributed by atoms with Crippen LogP contribution in [-0.2, 0) is 24.4 Å². The molecule has 0 unspecified atom stereocenters. The number of amides is 5. The summed E-state index contributed by atoms with van der Waals surface area (Å²) in [4.78, 5) is 66.7. The van der Waals surface area contributed by atoms with Gasteiger partial charge in [0.25, 0.3) is 15.9 Å². The van der Waals surface area contributed by atoms with Crippen LogP contribution < -0.4 is 35.6 Å². The molecule has 5 amide bonds. The number of pyridine rings is 1. The summed E-state index contributed by atoms with van der Waals surface area (Å²) in [5.74, 6) is -1.39. The van der Waals surface area contributed by atoms with Gasteiger partial charge in [-0.05, 0) is 77.6 Å². The molecule has 0 spiro atoms. The number of rotatable bonds is 9. The summed E-state index contributed by atoms with van der Waals surface area (Å²) in [6.07, 6.45) is 6.60. The summed E-state index contributed by atoms with van der Waals surface area (Å²) >= 11 is 1.45. The first-order valence-corrected chi connectivity index (χ1v) is 23.7. The highest BCUT2D eigenvalue weighted by molar-refractivity contribution is 7.90. The predicted octanol–water partition coefficient (Wildman–Crippen LogP) is 4.79. The average molecular weight is 903 g/mol. The van der Waals surface area contributed by atoms with Gasteiger partial charge in [-0.25, -0.2) is 32.7 Å². The number of urea groups is 1. The summed E-state index contributed by atoms with van der Waals surface area (Å²) in [6.45, 7) is 9.40. The van der Waals surface area contributed by atoms with Crippen molar-refractivity contribution in [1.29, 1.82) is 0 Å². The Morgan fingerprint density at radius 1 is 1.05 bits per heavy atom. The molecule has 4 atom stereocenters. The molecule has 2 aromatic carbocycles. The van der Waals surface area contributed by atoms with Crippen molar-refractivity contribution in [3.8, 4) is 22.9 Å². The van der Waals surface area contributed by atoms with Crippen LogP contribution in [0.15, 0.2) is 71.0 Å². The predicted molar refractivity (Wildman–Crippen MR) is 240 cm³/mol. The van der Waals surface area contributed by atoms with Crippen molar-refractivity contribution in [2.24, 2.45) is 5.92 Å². The van der Waals surface area contributed by atoms with Gasteiger partial charge in [0.15, 0.2) is 5.13 Å². The number of nitrogens with zero attached hydrogens (tertiary/aromatic N) is 4. The number of nitrogens with one attached hydrogen (secondary N) is 4. The molecule has 17 nitrogen and oxygen atoms in total. The van der Waals surface area contributed by atoms with Crippen LogP contribution in [0.3, 0.4) is 0 Å². The Kier molecular flexibility index (Phi) is 13.6. The summed E-state index contributed by atoms with van der Waals surface area (Å²) < 4.78 is 42.2. The first kappa shape index (κ1) is 45.2. The topological polar surface area (TPSA) is 218 Å². The molecule has 1 aliphatic carbocycles. The Balaban J connectivity index is 1.22. The van der Waals surface area contributed by atoms with Crippen molar-refractivity contribution >= 4 is 66.8 Å². The van der Waals surface area contributed by atoms with E-state index in [2.05, 4.69) is 20.7 Å². The highest BCUT2D eigenvalue weighted by Crippen LogP contribution is 2.46. The van der Waals surface area contributed by atoms with Crippen LogP contribution >= 0.6 is 11.3 Å². The van der Waals surface area contributed by atoms with Crippen LogP contribution in [0.5, 0.6) is 11.5 Å². The van der Waals surface area contributed by atoms with E-state index in [9.17, 15) is 27.6 Å². The summed E-state index contributed by atoms with van der Waals surface area (Å²) in [7, 11) is -2.82. The van der Waals surface area contributed by atoms with E-state index in [0.29, 0.717) is 46.0 Å². The number of allylic oxidation sites excluding steroid dienone is 1. The molecule has 4 heterocycles. The second-order valence-corrected chi connectivity index (χ2v) is 19.3. The minimum Gasteiger partial charge on any atom is -0.497 e. The number of carbonyl (C=O) groups excluding carboxylic acids is 4. The van der Waals surface area contributed by atoms with Crippen molar-refractivity contribution in [3.63, 3.8) is 0 Å². The van der Waals surface area contributed by atoms with Gasteiger partial charge in [-0.3, -0.25) is 9.59 Å². The summed E-state index contributed by atoms with van der Waals surface area (Å²) in [6, 6.07) is 11.5. The molecule has 3 aliphatic rings. The Hall–Kier alpha value is -5.79. The minimum absolute atomic E-state index is 0.00753. The summed E-state index contributed by atoms with van der Waals surface area (Å²) in [5, 5.41) is 14.0. The number of anilines is 2. The standard InChI is InChI=1S/C44H55N9O8S2/c1-26(2)46-42-48-36(25-62-42)35-22-38(32-18-17-30(60-6)20-34(32)47-35)61-31-21-37(52(24-31)43(57)53(27(3)4)50-28(5)54)40(55)49-44-23-29(44)14-10-8-7-9-13-19-45-33-15-11-12-16-39(33)63(58,59)51-41(44)56/h10-12,14-18,20,22,25-27,29,31,37,45H,7-9,13,19,21,23-24H2,1-6H3,(H,46,48)(H,49,55)(H,50,54)(H,51,56)/p+1/b14-10-/t29-,31-,37+,44-/m1/s1. The quantitative estimate of drug-likeness (QED) is 0.0664. The largest absolute Gasteiger partial charge is 0.497 e. The Bertz CT molecular complexity index is 2510. The average Bonchev–Trinajstić information content (AvgIpc) is 3.50. The molecule has 63 heavy (non-hydrogen) atoms. The van der Waals surface area contributed by atoms with E-state index in [1.165, 1.54) is 39.7 Å². The van der Waals surface area contributed by atoms with Gasteiger partial charge in [-0.2, -0.15) is 10.4 Å². The van der Waals surface area contributed by atoms with E-state index < -0.39 is 57.5 Å². The molecule has 336 valence electrons. The van der Waals surface area contributed by atoms with E-state index >= 15 is 0 Å². The molecule has 6 N–H and O–H groups in total. The van der Waals surface area contributed by atoms with Gasteiger partial charge in [0.2, 0.25) is 5.91 Å². The maximum Gasteiger partial charge on any atom is 0.365 e. The Morgan fingerprint density at radius 2 is 1.84 bits per heavy atom. The Labute approximate surface area is 371 Å². The third-order valence-electron chi connectivity index (χ3n) is 11.3. The number of sulfonamides is 1. The number of para-hydroxylation sites is 1. The van der Waals surface area contributed by atoms with Crippen molar-refractivity contribution in [2.45, 2.75) is 108 Å². The van der Waals surface area contributed by atoms with Crippen LogP contribution in [0, 0.1) is 5.92 Å². The molecule has 0 radical (unpaired) electrons. The summed E-state index contributed by atoms with van der Waals surface area (Å²) in [5.41, 5.74) is 1.69. The number of benzene rings is 2. The van der Waals surface area contributed by atoms with E-state index in [1.54, 1.807) is 57.4 Å². The van der Waals surface area contributed by atoms with Crippen LogP contribution in [0.1, 0.15) is 73.1 Å². The number of likely N-dealkylation sites (tertiary alicyclic amines) is 1. The van der Waals surface area contributed by atoms with E-state index in [4.69, 9.17) is 19.4 Å². The van der Waals surface area contributed by atoms with Gasteiger partial charge in [0, 0.05) is 47.8 Å². The third kappa shape index (κ3) is 10.2. The molecule has 19 heteroatoms. The zero-order valence-corrected chi connectivity index (χ0v) is 38.0. The number of ether oxygens (including phenoxy) is 2. The molecular weight excluding hydrogens is 847 g/mol. The van der Waals surface area contributed by atoms with Crippen LogP contribution in [0.2, 0.25) is 0 Å². The number of hydrogen-bond donors (Lipinski definition) is 5. The lowest BCUT2D eigenvalue weighted by atomic mass is 10.1.